The van der Waals surface area contributed by atoms with E-state index < -0.39 is 23.4 Å². The zero-order valence-electron chi connectivity index (χ0n) is 10.8. The third kappa shape index (κ3) is 2.37. The predicted octanol–water partition coefficient (Wildman–Crippen LogP) is -0.732. The van der Waals surface area contributed by atoms with Crippen LogP contribution in [0.15, 0.2) is 25.3 Å². The van der Waals surface area contributed by atoms with Gasteiger partial charge in [0.15, 0.2) is 0 Å². The first-order chi connectivity index (χ1) is 8.31. The first kappa shape index (κ1) is 15.3. The van der Waals surface area contributed by atoms with E-state index in [-0.39, 0.29) is 25.9 Å². The van der Waals surface area contributed by atoms with Crippen LogP contribution in [0.3, 0.4) is 0 Å². The maximum Gasteiger partial charge on any atom is 0.127 e. The molecule has 0 aromatic rings. The van der Waals surface area contributed by atoms with Crippen LogP contribution in [0.1, 0.15) is 12.8 Å². The van der Waals surface area contributed by atoms with E-state index in [0.717, 1.165) is 0 Å². The summed E-state index contributed by atoms with van der Waals surface area (Å²) in [6, 6.07) is 0. The molecule has 0 spiro atoms. The van der Waals surface area contributed by atoms with E-state index in [1.165, 1.54) is 12.2 Å². The lowest BCUT2D eigenvalue weighted by Gasteiger charge is -2.46. The van der Waals surface area contributed by atoms with Gasteiger partial charge in [0, 0.05) is 13.1 Å². The number of hydrogen-bond acceptors (Lipinski definition) is 5. The molecule has 5 heteroatoms. The zero-order valence-corrected chi connectivity index (χ0v) is 10.8. The van der Waals surface area contributed by atoms with Crippen molar-refractivity contribution in [3.05, 3.63) is 25.3 Å². The Kier molecular flexibility index (Phi) is 4.69. The number of nitrogens with zero attached hydrogens (tertiary/aromatic N) is 1. The third-order valence-electron chi connectivity index (χ3n) is 3.73. The van der Waals surface area contributed by atoms with Gasteiger partial charge in [0.2, 0.25) is 0 Å². The molecular weight excluding hydrogens is 234 g/mol. The lowest BCUT2D eigenvalue weighted by molar-refractivity contribution is -0.226. The van der Waals surface area contributed by atoms with E-state index in [1.807, 2.05) is 0 Å². The topological polar surface area (TPSA) is 84.2 Å². The maximum absolute atomic E-state index is 10.7. The third-order valence-corrected chi connectivity index (χ3v) is 3.73. The smallest absolute Gasteiger partial charge is 0.127 e. The van der Waals surface area contributed by atoms with E-state index >= 15 is 0 Å². The van der Waals surface area contributed by atoms with Crippen molar-refractivity contribution in [3.63, 3.8) is 0 Å². The van der Waals surface area contributed by atoms with Crippen molar-refractivity contribution in [1.82, 2.24) is 4.90 Å². The number of aliphatic hydroxyl groups excluding tert-OH is 2. The second-order valence-electron chi connectivity index (χ2n) is 5.09. The fourth-order valence-electron chi connectivity index (χ4n) is 2.61. The van der Waals surface area contributed by atoms with Gasteiger partial charge >= 0.3 is 0 Å². The van der Waals surface area contributed by atoms with E-state index in [1.54, 1.807) is 11.9 Å². The first-order valence-corrected chi connectivity index (χ1v) is 6.03. The van der Waals surface area contributed by atoms with Gasteiger partial charge in [-0.05, 0) is 19.9 Å². The predicted molar refractivity (Wildman–Crippen MR) is 69.0 cm³/mol. The van der Waals surface area contributed by atoms with Crippen LogP contribution in [0.2, 0.25) is 0 Å². The highest BCUT2D eigenvalue weighted by molar-refractivity contribution is 5.14. The highest BCUT2D eigenvalue weighted by Gasteiger charge is 2.58. The highest BCUT2D eigenvalue weighted by Crippen LogP contribution is 2.38. The van der Waals surface area contributed by atoms with Crippen molar-refractivity contribution in [2.75, 3.05) is 20.1 Å². The number of likely N-dealkylation sites (N-methyl/N-ethyl adjacent to an activating group) is 1. The summed E-state index contributed by atoms with van der Waals surface area (Å²) >= 11 is 0. The largest absolute Gasteiger partial charge is 0.389 e. The second-order valence-corrected chi connectivity index (χ2v) is 5.09. The van der Waals surface area contributed by atoms with Gasteiger partial charge in [-0.1, -0.05) is 12.2 Å². The summed E-state index contributed by atoms with van der Waals surface area (Å²) in [4.78, 5) is 1.67. The molecule has 0 amide bonds. The lowest BCUT2D eigenvalue weighted by Crippen LogP contribution is -2.66. The van der Waals surface area contributed by atoms with Gasteiger partial charge in [0.1, 0.15) is 11.2 Å². The van der Waals surface area contributed by atoms with Crippen molar-refractivity contribution < 1.29 is 20.4 Å². The summed E-state index contributed by atoms with van der Waals surface area (Å²) in [6.07, 6.45) is 0.475. The quantitative estimate of drug-likeness (QED) is 0.499. The fourth-order valence-corrected chi connectivity index (χ4v) is 2.61. The molecule has 0 aliphatic carbocycles. The van der Waals surface area contributed by atoms with Crippen molar-refractivity contribution >= 4 is 0 Å². The molecule has 1 aliphatic rings. The van der Waals surface area contributed by atoms with Gasteiger partial charge in [0.05, 0.1) is 12.2 Å². The van der Waals surface area contributed by atoms with Crippen LogP contribution in [0.5, 0.6) is 0 Å². The molecule has 1 heterocycles. The van der Waals surface area contributed by atoms with Crippen LogP contribution in [-0.4, -0.2) is 68.9 Å². The molecule has 1 rings (SSSR count). The molecule has 104 valence electrons. The van der Waals surface area contributed by atoms with Crippen molar-refractivity contribution in [2.24, 2.45) is 0 Å². The molecule has 1 fully saturated rings. The molecule has 1 aliphatic heterocycles. The Balaban J connectivity index is 3.25. The lowest BCUT2D eigenvalue weighted by atomic mass is 9.72. The minimum absolute atomic E-state index is 0.0105. The van der Waals surface area contributed by atoms with Gasteiger partial charge in [0.25, 0.3) is 0 Å². The highest BCUT2D eigenvalue weighted by atomic mass is 16.4. The molecular formula is C13H23NO4. The van der Waals surface area contributed by atoms with Gasteiger partial charge < -0.3 is 25.3 Å². The molecule has 0 radical (unpaired) electrons. The van der Waals surface area contributed by atoms with Crippen LogP contribution in [0, 0.1) is 0 Å². The van der Waals surface area contributed by atoms with E-state index in [4.69, 9.17) is 0 Å². The molecule has 4 N–H and O–H groups in total. The summed E-state index contributed by atoms with van der Waals surface area (Å²) in [5.74, 6) is 0. The average Bonchev–Trinajstić information content (AvgIpc) is 2.32. The van der Waals surface area contributed by atoms with Crippen LogP contribution < -0.4 is 0 Å². The summed E-state index contributed by atoms with van der Waals surface area (Å²) < 4.78 is 0. The monoisotopic (exact) mass is 257 g/mol. The molecule has 18 heavy (non-hydrogen) atoms. The Labute approximate surface area is 108 Å². The molecule has 0 saturated carbocycles. The number of rotatable bonds is 4. The Morgan fingerprint density at radius 1 is 1.06 bits per heavy atom. The van der Waals surface area contributed by atoms with E-state index in [0.29, 0.717) is 0 Å². The van der Waals surface area contributed by atoms with Crippen molar-refractivity contribution in [3.8, 4) is 0 Å². The minimum Gasteiger partial charge on any atom is -0.389 e. The number of β-amino-alcohol motifs (C(OH)–C–C–N with tert-alkyl or cyclic N) is 2. The van der Waals surface area contributed by atoms with Crippen LogP contribution in [0.25, 0.3) is 0 Å². The minimum atomic E-state index is -1.84. The molecule has 0 unspecified atom stereocenters. The normalized spacial score (nSPS) is 42.3. The SMILES string of the molecule is C=CC[C@@]1(O)[C@@H](O)CN(C)C[C@H](O)[C@]1(O)CC=C. The van der Waals surface area contributed by atoms with Gasteiger partial charge in [-0.3, -0.25) is 0 Å². The van der Waals surface area contributed by atoms with Crippen LogP contribution in [-0.2, 0) is 0 Å². The van der Waals surface area contributed by atoms with E-state index in [9.17, 15) is 20.4 Å². The first-order valence-electron chi connectivity index (χ1n) is 6.03. The molecule has 1 saturated heterocycles. The zero-order chi connectivity index (χ0) is 14.0. The van der Waals surface area contributed by atoms with Gasteiger partial charge in [-0.25, -0.2) is 0 Å². The number of aliphatic hydroxyl groups is 4. The standard InChI is InChI=1S/C13H23NO4/c1-4-6-12(17)10(15)8-14(3)9-11(16)13(12,18)7-5-2/h4-5,10-11,15-18H,1-2,6-9H2,3H3/t10-,11-,12+,13+/m0/s1. The Hall–Kier alpha value is -0.720. The fraction of sp³-hybridized carbons (Fsp3) is 0.692. The van der Waals surface area contributed by atoms with Gasteiger partial charge in [-0.15, -0.1) is 13.2 Å². The van der Waals surface area contributed by atoms with Gasteiger partial charge in [-0.2, -0.15) is 0 Å². The summed E-state index contributed by atoms with van der Waals surface area (Å²) in [5, 5.41) is 41.6. The Morgan fingerprint density at radius 3 is 1.67 bits per heavy atom. The molecule has 4 atom stereocenters. The summed E-state index contributed by atoms with van der Waals surface area (Å²) in [6.45, 7) is 7.40. The average molecular weight is 257 g/mol. The molecule has 5 nitrogen and oxygen atoms in total. The van der Waals surface area contributed by atoms with Crippen LogP contribution >= 0.6 is 0 Å². The summed E-state index contributed by atoms with van der Waals surface area (Å²) in [7, 11) is 1.71. The van der Waals surface area contributed by atoms with Crippen molar-refractivity contribution in [2.45, 2.75) is 36.3 Å². The van der Waals surface area contributed by atoms with Crippen LogP contribution in [0.4, 0.5) is 0 Å². The second kappa shape index (κ2) is 5.50. The number of hydrogen-bond donors (Lipinski definition) is 4. The Morgan fingerprint density at radius 2 is 1.39 bits per heavy atom. The maximum atomic E-state index is 10.7. The number of likely N-dealkylation sites (tertiary alicyclic amines) is 1. The molecule has 0 aromatic heterocycles. The molecule has 0 bridgehead atoms. The Bertz CT molecular complexity index is 292. The van der Waals surface area contributed by atoms with Crippen molar-refractivity contribution in [1.29, 1.82) is 0 Å². The van der Waals surface area contributed by atoms with E-state index in [2.05, 4.69) is 13.2 Å². The molecule has 0 aromatic carbocycles. The summed E-state index contributed by atoms with van der Waals surface area (Å²) in [5.41, 5.74) is -3.68.